The number of hydrogen-bond acceptors (Lipinski definition) is 1. The number of hydrogen-bond donors (Lipinski definition) is 0. The highest BCUT2D eigenvalue weighted by Gasteiger charge is 2.27. The van der Waals surface area contributed by atoms with Gasteiger partial charge in [0.25, 0.3) is 0 Å². The molecule has 0 unspecified atom stereocenters. The summed E-state index contributed by atoms with van der Waals surface area (Å²) < 4.78 is 5.82. The maximum atomic E-state index is 5.93. The molecular weight excluding hydrogens is 283 g/mol. The molecule has 0 aliphatic rings. The first-order valence-electron chi connectivity index (χ1n) is 5.01. The summed E-state index contributed by atoms with van der Waals surface area (Å²) >= 11 is 17.8. The molecule has 0 aromatic heterocycles. The van der Waals surface area contributed by atoms with E-state index in [2.05, 4.69) is 0 Å². The van der Waals surface area contributed by atoms with Gasteiger partial charge in [0.2, 0.25) is 0 Å². The predicted molar refractivity (Wildman–Crippen MR) is 73.8 cm³/mol. The van der Waals surface area contributed by atoms with Crippen molar-refractivity contribution in [1.29, 1.82) is 0 Å². The predicted octanol–water partition coefficient (Wildman–Crippen LogP) is 4.60. The summed E-state index contributed by atoms with van der Waals surface area (Å²) in [6.07, 6.45) is 0. The van der Waals surface area contributed by atoms with Crippen LogP contribution in [0.1, 0.15) is 26.3 Å². The van der Waals surface area contributed by atoms with Gasteiger partial charge in [-0.25, -0.2) is 0 Å². The first kappa shape index (κ1) is 14.2. The van der Waals surface area contributed by atoms with Crippen LogP contribution in [0.15, 0.2) is 24.3 Å². The summed E-state index contributed by atoms with van der Waals surface area (Å²) in [5.74, 6) is 0.800. The minimum Gasteiger partial charge on any atom is -0.488 e. The number of rotatable bonds is 3. The Labute approximate surface area is 112 Å². The largest absolute Gasteiger partial charge is 0.488 e. The molecule has 0 saturated heterocycles. The number of halogens is 3. The van der Waals surface area contributed by atoms with E-state index in [0.29, 0.717) is 6.04 Å². The van der Waals surface area contributed by atoms with Crippen LogP contribution in [0.5, 0.6) is 5.75 Å². The highest BCUT2D eigenvalue weighted by atomic mass is 35.8. The van der Waals surface area contributed by atoms with E-state index in [4.69, 9.17) is 38.0 Å². The van der Waals surface area contributed by atoms with E-state index in [1.807, 2.05) is 45.0 Å². The molecule has 90 valence electrons. The zero-order chi connectivity index (χ0) is 12.4. The lowest BCUT2D eigenvalue weighted by molar-refractivity contribution is 0.129. The lowest BCUT2D eigenvalue weighted by Crippen LogP contribution is -2.24. The van der Waals surface area contributed by atoms with Gasteiger partial charge in [0, 0.05) is 6.04 Å². The minimum atomic E-state index is -2.67. The summed E-state index contributed by atoms with van der Waals surface area (Å²) in [4.78, 5) is 0. The fourth-order valence-corrected chi connectivity index (χ4v) is 3.31. The van der Waals surface area contributed by atoms with Gasteiger partial charge in [0.1, 0.15) is 11.4 Å². The zero-order valence-electron chi connectivity index (χ0n) is 9.56. The third kappa shape index (κ3) is 5.44. The fraction of sp³-hybridized carbons (Fsp3) is 0.455. The van der Waals surface area contributed by atoms with E-state index in [9.17, 15) is 0 Å². The van der Waals surface area contributed by atoms with E-state index < -0.39 is 6.00 Å². The number of para-hydroxylation sites is 1. The topological polar surface area (TPSA) is 9.23 Å². The van der Waals surface area contributed by atoms with Crippen LogP contribution < -0.4 is 4.74 Å². The summed E-state index contributed by atoms with van der Waals surface area (Å²) in [5, 5.41) is 0. The van der Waals surface area contributed by atoms with Gasteiger partial charge in [-0.15, -0.1) is 33.2 Å². The highest BCUT2D eigenvalue weighted by Crippen LogP contribution is 2.30. The van der Waals surface area contributed by atoms with E-state index in [0.717, 1.165) is 11.3 Å². The molecule has 0 heterocycles. The molecule has 0 fully saturated rings. The molecule has 1 nitrogen and oxygen atoms in total. The second kappa shape index (κ2) is 5.17. The van der Waals surface area contributed by atoms with Crippen LogP contribution in [-0.4, -0.2) is 11.6 Å². The van der Waals surface area contributed by atoms with Crippen LogP contribution in [0.4, 0.5) is 0 Å². The maximum Gasteiger partial charge on any atom is 0.345 e. The van der Waals surface area contributed by atoms with E-state index in [-0.39, 0.29) is 5.60 Å². The molecule has 0 radical (unpaired) electrons. The Bertz CT molecular complexity index is 320. The van der Waals surface area contributed by atoms with Gasteiger partial charge < -0.3 is 4.74 Å². The lowest BCUT2D eigenvalue weighted by Gasteiger charge is -2.23. The SMILES string of the molecule is CC(C)(C)Oc1ccccc1C[Si](Cl)(Cl)Cl. The van der Waals surface area contributed by atoms with Gasteiger partial charge in [-0.3, -0.25) is 0 Å². The normalized spacial score (nSPS) is 12.6. The van der Waals surface area contributed by atoms with Crippen LogP contribution in [0, 0.1) is 0 Å². The molecule has 0 amide bonds. The van der Waals surface area contributed by atoms with Crippen molar-refractivity contribution in [2.45, 2.75) is 32.4 Å². The van der Waals surface area contributed by atoms with Crippen molar-refractivity contribution in [2.24, 2.45) is 0 Å². The molecule has 16 heavy (non-hydrogen) atoms. The van der Waals surface area contributed by atoms with Gasteiger partial charge in [-0.05, 0) is 32.4 Å². The Hall–Kier alpha value is 0.107. The summed E-state index contributed by atoms with van der Waals surface area (Å²) in [5.41, 5.74) is 0.717. The molecular formula is C11H15Cl3OSi. The molecule has 0 aliphatic heterocycles. The van der Waals surface area contributed by atoms with Crippen LogP contribution in [0.3, 0.4) is 0 Å². The third-order valence-corrected chi connectivity index (χ3v) is 3.76. The van der Waals surface area contributed by atoms with Crippen molar-refractivity contribution >= 4 is 39.2 Å². The Morgan fingerprint density at radius 3 is 2.19 bits per heavy atom. The first-order valence-corrected chi connectivity index (χ1v) is 10.3. The molecule has 0 atom stereocenters. The Balaban J connectivity index is 2.92. The molecule has 0 N–H and O–H groups in total. The fourth-order valence-electron chi connectivity index (χ4n) is 1.30. The van der Waals surface area contributed by atoms with Crippen molar-refractivity contribution in [3.63, 3.8) is 0 Å². The van der Waals surface area contributed by atoms with Crippen molar-refractivity contribution in [1.82, 2.24) is 0 Å². The van der Waals surface area contributed by atoms with Gasteiger partial charge in [0.05, 0.1) is 0 Å². The van der Waals surface area contributed by atoms with E-state index in [1.54, 1.807) is 0 Å². The minimum absolute atomic E-state index is 0.245. The second-order valence-corrected chi connectivity index (χ2v) is 13.7. The molecule has 1 aromatic carbocycles. The zero-order valence-corrected chi connectivity index (χ0v) is 12.8. The maximum absolute atomic E-state index is 5.93. The van der Waals surface area contributed by atoms with Crippen molar-refractivity contribution < 1.29 is 4.74 Å². The monoisotopic (exact) mass is 296 g/mol. The van der Waals surface area contributed by atoms with Crippen LogP contribution in [0.25, 0.3) is 0 Å². The molecule has 5 heteroatoms. The van der Waals surface area contributed by atoms with Crippen molar-refractivity contribution in [3.8, 4) is 5.75 Å². The average Bonchev–Trinajstić information content (AvgIpc) is 2.03. The van der Waals surface area contributed by atoms with Gasteiger partial charge in [-0.2, -0.15) is 0 Å². The third-order valence-electron chi connectivity index (χ3n) is 1.78. The molecule has 0 aliphatic carbocycles. The summed E-state index contributed by atoms with van der Waals surface area (Å²) in [7, 11) is 0. The molecule has 0 bridgehead atoms. The average molecular weight is 298 g/mol. The first-order chi connectivity index (χ1) is 7.17. The van der Waals surface area contributed by atoms with Crippen LogP contribution in [-0.2, 0) is 6.04 Å². The van der Waals surface area contributed by atoms with Crippen LogP contribution >= 0.6 is 33.2 Å². The Kier molecular flexibility index (Phi) is 4.58. The smallest absolute Gasteiger partial charge is 0.345 e. The molecule has 0 spiro atoms. The standard InChI is InChI=1S/C11H15Cl3OSi/c1-11(2,3)15-10-7-5-4-6-9(10)8-16(12,13)14/h4-7H,8H2,1-3H3. The summed E-state index contributed by atoms with van der Waals surface area (Å²) in [6.45, 7) is 5.99. The van der Waals surface area contributed by atoms with Gasteiger partial charge in [-0.1, -0.05) is 18.2 Å². The number of ether oxygens (including phenoxy) is 1. The number of benzene rings is 1. The molecule has 1 aromatic rings. The van der Waals surface area contributed by atoms with Crippen molar-refractivity contribution in [3.05, 3.63) is 29.8 Å². The quantitative estimate of drug-likeness (QED) is 0.585. The highest BCUT2D eigenvalue weighted by molar-refractivity contribution is 7.64. The molecule has 1 rings (SSSR count). The Morgan fingerprint density at radius 1 is 1.12 bits per heavy atom. The summed E-state index contributed by atoms with van der Waals surface area (Å²) in [6, 6.07) is 5.50. The van der Waals surface area contributed by atoms with Crippen LogP contribution in [0.2, 0.25) is 0 Å². The lowest BCUT2D eigenvalue weighted by atomic mass is 10.1. The molecule has 0 saturated carbocycles. The van der Waals surface area contributed by atoms with Gasteiger partial charge >= 0.3 is 6.00 Å². The van der Waals surface area contributed by atoms with E-state index in [1.165, 1.54) is 0 Å². The van der Waals surface area contributed by atoms with E-state index >= 15 is 0 Å². The van der Waals surface area contributed by atoms with Crippen molar-refractivity contribution in [2.75, 3.05) is 0 Å². The second-order valence-electron chi connectivity index (χ2n) is 4.61. The van der Waals surface area contributed by atoms with Gasteiger partial charge in [0.15, 0.2) is 0 Å². The Morgan fingerprint density at radius 2 is 1.69 bits per heavy atom.